The van der Waals surface area contributed by atoms with Gasteiger partial charge in [0.2, 0.25) is 6.41 Å². The number of hydrogen-bond acceptors (Lipinski definition) is 6. The Bertz CT molecular complexity index is 1220. The van der Waals surface area contributed by atoms with Crippen LogP contribution in [0.15, 0.2) is 28.8 Å². The summed E-state index contributed by atoms with van der Waals surface area (Å²) >= 11 is 6.45. The normalized spacial score (nSPS) is 11.8. The summed E-state index contributed by atoms with van der Waals surface area (Å²) in [6.45, 7) is 5.77. The largest absolute Gasteiger partial charge is 0.401 e. The second kappa shape index (κ2) is 10.4. The number of amides is 2. The third-order valence-electron chi connectivity index (χ3n) is 5.24. The molecule has 2 amide bonds. The zero-order valence-electron chi connectivity index (χ0n) is 19.5. The topological polar surface area (TPSA) is 156 Å². The van der Waals surface area contributed by atoms with Crippen molar-refractivity contribution in [2.24, 2.45) is 11.5 Å². The van der Waals surface area contributed by atoms with Crippen LogP contribution in [-0.2, 0) is 16.6 Å². The smallest absolute Gasteiger partial charge is 0.383 e. The predicted molar refractivity (Wildman–Crippen MR) is 125 cm³/mol. The standard InChI is InChI=1S/C21H23ClF3N5O2.CH3NO/c1-10(2)30-18(26)16(19(27)31)17(28-30)13-6-5-11(8-14(13)22)7-12-9-15(32-29-12)20(3,4)21(23,24)25;2-1-3/h5-6,8-10H,7,26H2,1-4H3,(H2,27,31);1H,(H2,2,3). The summed E-state index contributed by atoms with van der Waals surface area (Å²) < 4.78 is 46.1. The van der Waals surface area contributed by atoms with Crippen molar-refractivity contribution >= 4 is 29.7 Å². The molecule has 0 atom stereocenters. The number of hydrogen-bond donors (Lipinski definition) is 3. The lowest BCUT2D eigenvalue weighted by Gasteiger charge is -2.24. The molecule has 3 rings (SSSR count). The molecule has 0 fully saturated rings. The van der Waals surface area contributed by atoms with Gasteiger partial charge in [0, 0.05) is 24.1 Å². The fraction of sp³-hybridized carbons (Fsp3) is 0.364. The molecule has 0 radical (unpaired) electrons. The Hall–Kier alpha value is -3.54. The molecule has 13 heteroatoms. The van der Waals surface area contributed by atoms with Gasteiger partial charge in [-0.05, 0) is 39.3 Å². The number of rotatable bonds is 6. The third-order valence-corrected chi connectivity index (χ3v) is 5.55. The number of aromatic nitrogens is 3. The van der Waals surface area contributed by atoms with E-state index in [4.69, 9.17) is 32.4 Å². The van der Waals surface area contributed by atoms with Crippen LogP contribution in [-0.4, -0.2) is 33.4 Å². The molecule has 3 aromatic rings. The van der Waals surface area contributed by atoms with Crippen LogP contribution in [0.4, 0.5) is 19.0 Å². The highest BCUT2D eigenvalue weighted by atomic mass is 35.5. The summed E-state index contributed by atoms with van der Waals surface area (Å²) in [7, 11) is 0. The van der Waals surface area contributed by atoms with Crippen LogP contribution < -0.4 is 17.2 Å². The summed E-state index contributed by atoms with van der Waals surface area (Å²) in [5, 5.41) is 8.44. The van der Waals surface area contributed by atoms with Gasteiger partial charge in [0.1, 0.15) is 22.5 Å². The number of carbonyl (C=O) groups is 2. The van der Waals surface area contributed by atoms with Gasteiger partial charge < -0.3 is 21.7 Å². The van der Waals surface area contributed by atoms with Crippen molar-refractivity contribution in [1.82, 2.24) is 14.9 Å². The number of halogens is 4. The molecular weight excluding hydrogens is 489 g/mol. The fourth-order valence-corrected chi connectivity index (χ4v) is 3.46. The van der Waals surface area contributed by atoms with Crippen LogP contribution in [0.1, 0.15) is 61.1 Å². The highest BCUT2D eigenvalue weighted by Crippen LogP contribution is 2.41. The van der Waals surface area contributed by atoms with E-state index in [2.05, 4.69) is 16.0 Å². The lowest BCUT2D eigenvalue weighted by Crippen LogP contribution is -2.35. The summed E-state index contributed by atoms with van der Waals surface area (Å²) in [5.41, 5.74) is 15.3. The number of anilines is 1. The first-order chi connectivity index (χ1) is 16.1. The Morgan fingerprint density at radius 1 is 1.26 bits per heavy atom. The molecule has 0 saturated carbocycles. The lowest BCUT2D eigenvalue weighted by molar-refractivity contribution is -0.185. The van der Waals surface area contributed by atoms with Crippen LogP contribution in [0.25, 0.3) is 11.3 Å². The summed E-state index contributed by atoms with van der Waals surface area (Å²) in [5.74, 6) is -0.861. The van der Waals surface area contributed by atoms with Gasteiger partial charge in [-0.25, -0.2) is 4.68 Å². The van der Waals surface area contributed by atoms with Gasteiger partial charge in [-0.3, -0.25) is 9.59 Å². The molecule has 6 N–H and O–H groups in total. The van der Waals surface area contributed by atoms with E-state index in [0.29, 0.717) is 16.8 Å². The van der Waals surface area contributed by atoms with Gasteiger partial charge in [-0.15, -0.1) is 0 Å². The maximum absolute atomic E-state index is 13.2. The minimum atomic E-state index is -4.48. The molecule has 0 spiro atoms. The number of benzene rings is 1. The average molecular weight is 515 g/mol. The van der Waals surface area contributed by atoms with Crippen LogP contribution in [0.3, 0.4) is 0 Å². The molecule has 0 aliphatic carbocycles. The Kier molecular flexibility index (Phi) is 8.22. The molecule has 2 heterocycles. The van der Waals surface area contributed by atoms with E-state index in [1.165, 1.54) is 10.7 Å². The predicted octanol–water partition coefficient (Wildman–Crippen LogP) is 3.99. The first-order valence-electron chi connectivity index (χ1n) is 10.3. The van der Waals surface area contributed by atoms with Gasteiger partial charge in [-0.2, -0.15) is 18.3 Å². The second-order valence-corrected chi connectivity index (χ2v) is 8.85. The number of carbonyl (C=O) groups excluding carboxylic acids is 2. The van der Waals surface area contributed by atoms with Gasteiger partial charge in [-0.1, -0.05) is 28.9 Å². The SMILES string of the molecule is CC(C)n1nc(-c2ccc(Cc3cc(C(C)(C)C(F)(F)F)on3)cc2Cl)c(C(N)=O)c1N.NC=O. The fourth-order valence-electron chi connectivity index (χ4n) is 3.17. The highest BCUT2D eigenvalue weighted by Gasteiger charge is 2.51. The van der Waals surface area contributed by atoms with Crippen molar-refractivity contribution in [2.45, 2.75) is 51.7 Å². The van der Waals surface area contributed by atoms with Gasteiger partial charge in [0.05, 0.1) is 10.7 Å². The summed E-state index contributed by atoms with van der Waals surface area (Å²) in [4.78, 5) is 20.6. The molecule has 2 aromatic heterocycles. The molecule has 0 aliphatic rings. The van der Waals surface area contributed by atoms with Crippen molar-refractivity contribution < 1.29 is 27.3 Å². The Morgan fingerprint density at radius 2 is 1.86 bits per heavy atom. The molecule has 9 nitrogen and oxygen atoms in total. The summed E-state index contributed by atoms with van der Waals surface area (Å²) in [6.07, 6.45) is -4.03. The van der Waals surface area contributed by atoms with Crippen molar-refractivity contribution in [3.05, 3.63) is 51.9 Å². The van der Waals surface area contributed by atoms with Crippen molar-refractivity contribution in [2.75, 3.05) is 5.73 Å². The van der Waals surface area contributed by atoms with E-state index < -0.39 is 17.5 Å². The van der Waals surface area contributed by atoms with E-state index >= 15 is 0 Å². The number of nitrogens with zero attached hydrogens (tertiary/aromatic N) is 3. The second-order valence-electron chi connectivity index (χ2n) is 8.44. The lowest BCUT2D eigenvalue weighted by atomic mass is 9.89. The number of nitrogen functional groups attached to an aromatic ring is 1. The zero-order valence-corrected chi connectivity index (χ0v) is 20.2. The Labute approximate surface area is 204 Å². The first-order valence-corrected chi connectivity index (χ1v) is 10.7. The van der Waals surface area contributed by atoms with E-state index in [1.807, 2.05) is 13.8 Å². The van der Waals surface area contributed by atoms with E-state index in [0.717, 1.165) is 13.8 Å². The van der Waals surface area contributed by atoms with E-state index in [-0.39, 0.29) is 46.7 Å². The molecule has 0 saturated heterocycles. The van der Waals surface area contributed by atoms with E-state index in [9.17, 15) is 18.0 Å². The monoisotopic (exact) mass is 514 g/mol. The Balaban J connectivity index is 0.00000137. The number of nitrogens with two attached hydrogens (primary N) is 3. The molecule has 0 aliphatic heterocycles. The molecule has 1 aromatic carbocycles. The molecule has 35 heavy (non-hydrogen) atoms. The van der Waals surface area contributed by atoms with Crippen LogP contribution in [0.5, 0.6) is 0 Å². The minimum Gasteiger partial charge on any atom is -0.383 e. The van der Waals surface area contributed by atoms with Gasteiger partial charge in [0.25, 0.3) is 5.91 Å². The summed E-state index contributed by atoms with van der Waals surface area (Å²) in [6, 6.07) is 6.15. The van der Waals surface area contributed by atoms with Crippen LogP contribution in [0.2, 0.25) is 5.02 Å². The zero-order chi connectivity index (χ0) is 26.7. The Morgan fingerprint density at radius 3 is 2.34 bits per heavy atom. The molecule has 0 bridgehead atoms. The number of alkyl halides is 3. The molecule has 190 valence electrons. The van der Waals surface area contributed by atoms with Crippen molar-refractivity contribution in [1.29, 1.82) is 0 Å². The highest BCUT2D eigenvalue weighted by molar-refractivity contribution is 6.33. The minimum absolute atomic E-state index is 0.0730. The number of primary amides is 2. The maximum Gasteiger partial charge on any atom is 0.401 e. The maximum atomic E-state index is 13.2. The molecular formula is C22H26ClF3N6O3. The molecule has 0 unspecified atom stereocenters. The van der Waals surface area contributed by atoms with Crippen LogP contribution in [0, 0.1) is 0 Å². The van der Waals surface area contributed by atoms with Gasteiger partial charge in [0.15, 0.2) is 5.76 Å². The van der Waals surface area contributed by atoms with E-state index in [1.54, 1.807) is 18.2 Å². The van der Waals surface area contributed by atoms with Crippen LogP contribution >= 0.6 is 11.6 Å². The van der Waals surface area contributed by atoms with Gasteiger partial charge >= 0.3 is 6.18 Å². The third kappa shape index (κ3) is 5.76. The van der Waals surface area contributed by atoms with Crippen molar-refractivity contribution in [3.8, 4) is 11.3 Å². The first kappa shape index (κ1) is 27.7. The quantitative estimate of drug-likeness (QED) is 0.422. The van der Waals surface area contributed by atoms with Crippen molar-refractivity contribution in [3.63, 3.8) is 0 Å². The average Bonchev–Trinajstić information content (AvgIpc) is 3.32.